The first-order valence-corrected chi connectivity index (χ1v) is 7.26. The zero-order chi connectivity index (χ0) is 15.0. The zero-order valence-electron chi connectivity index (χ0n) is 12.7. The molecule has 1 aliphatic heterocycles. The number of fused-ring (bicyclic) bond motifs is 1. The molecule has 1 unspecified atom stereocenters. The number of benzene rings is 2. The minimum atomic E-state index is 0.0792. The number of amides is 1. The van der Waals surface area contributed by atoms with Gasteiger partial charge in [-0.1, -0.05) is 31.2 Å². The number of nitrogens with zero attached hydrogens (tertiary/aromatic N) is 2. The van der Waals surface area contributed by atoms with Crippen molar-refractivity contribution in [1.82, 2.24) is 0 Å². The van der Waals surface area contributed by atoms with Gasteiger partial charge in [0.2, 0.25) is 0 Å². The maximum absolute atomic E-state index is 12.8. The van der Waals surface area contributed by atoms with E-state index >= 15 is 0 Å². The quantitative estimate of drug-likeness (QED) is 0.840. The molecule has 108 valence electrons. The van der Waals surface area contributed by atoms with Crippen molar-refractivity contribution in [2.75, 3.05) is 30.4 Å². The van der Waals surface area contributed by atoms with Gasteiger partial charge in [0.15, 0.2) is 0 Å². The van der Waals surface area contributed by atoms with Gasteiger partial charge in [-0.25, -0.2) is 0 Å². The molecule has 0 saturated heterocycles. The summed E-state index contributed by atoms with van der Waals surface area (Å²) in [7, 11) is 3.97. The molecule has 21 heavy (non-hydrogen) atoms. The second-order valence-corrected chi connectivity index (χ2v) is 5.82. The molecular weight excluding hydrogens is 260 g/mol. The summed E-state index contributed by atoms with van der Waals surface area (Å²) in [6.45, 7) is 2.92. The van der Waals surface area contributed by atoms with Crippen LogP contribution in [-0.2, 0) is 0 Å². The van der Waals surface area contributed by atoms with E-state index < -0.39 is 0 Å². The van der Waals surface area contributed by atoms with Crippen molar-refractivity contribution >= 4 is 17.3 Å². The molecule has 3 heteroatoms. The molecule has 2 aromatic rings. The number of hydrogen-bond donors (Lipinski definition) is 0. The Bertz CT molecular complexity index is 678. The van der Waals surface area contributed by atoms with Gasteiger partial charge in [0.25, 0.3) is 5.91 Å². The van der Waals surface area contributed by atoms with Crippen LogP contribution in [0.15, 0.2) is 48.5 Å². The molecule has 3 nitrogen and oxygen atoms in total. The average molecular weight is 280 g/mol. The van der Waals surface area contributed by atoms with E-state index in [0.29, 0.717) is 5.92 Å². The van der Waals surface area contributed by atoms with Crippen molar-refractivity contribution in [3.8, 4) is 0 Å². The number of anilines is 2. The van der Waals surface area contributed by atoms with Crippen LogP contribution in [0.4, 0.5) is 11.4 Å². The number of para-hydroxylation sites is 1. The first-order valence-electron chi connectivity index (χ1n) is 7.26. The summed E-state index contributed by atoms with van der Waals surface area (Å²) in [6.07, 6.45) is 0. The van der Waals surface area contributed by atoms with Gasteiger partial charge in [-0.15, -0.1) is 0 Å². The lowest BCUT2D eigenvalue weighted by Gasteiger charge is -2.19. The zero-order valence-corrected chi connectivity index (χ0v) is 12.7. The highest BCUT2D eigenvalue weighted by Gasteiger charge is 2.29. The van der Waals surface area contributed by atoms with Crippen LogP contribution in [0.25, 0.3) is 0 Å². The fourth-order valence-corrected chi connectivity index (χ4v) is 2.89. The lowest BCUT2D eigenvalue weighted by atomic mass is 10.0. The van der Waals surface area contributed by atoms with Gasteiger partial charge in [-0.2, -0.15) is 0 Å². The van der Waals surface area contributed by atoms with Crippen LogP contribution in [0, 0.1) is 0 Å². The van der Waals surface area contributed by atoms with Crippen molar-refractivity contribution in [1.29, 1.82) is 0 Å². The lowest BCUT2D eigenvalue weighted by molar-refractivity contribution is 0.0988. The van der Waals surface area contributed by atoms with Gasteiger partial charge in [0.05, 0.1) is 0 Å². The van der Waals surface area contributed by atoms with Gasteiger partial charge in [0, 0.05) is 43.5 Å². The summed E-state index contributed by atoms with van der Waals surface area (Å²) in [4.78, 5) is 16.7. The van der Waals surface area contributed by atoms with E-state index in [-0.39, 0.29) is 5.91 Å². The molecule has 0 radical (unpaired) electrons. The van der Waals surface area contributed by atoms with Crippen LogP contribution in [0.3, 0.4) is 0 Å². The van der Waals surface area contributed by atoms with Crippen LogP contribution in [0.5, 0.6) is 0 Å². The van der Waals surface area contributed by atoms with E-state index in [1.165, 1.54) is 5.56 Å². The van der Waals surface area contributed by atoms with Gasteiger partial charge >= 0.3 is 0 Å². The van der Waals surface area contributed by atoms with E-state index in [4.69, 9.17) is 0 Å². The molecule has 1 aliphatic rings. The Kier molecular flexibility index (Phi) is 3.42. The molecule has 0 aliphatic carbocycles. The van der Waals surface area contributed by atoms with Gasteiger partial charge in [-0.05, 0) is 29.8 Å². The highest BCUT2D eigenvalue weighted by Crippen LogP contribution is 2.36. The molecule has 3 rings (SSSR count). The molecule has 0 bridgehead atoms. The van der Waals surface area contributed by atoms with Crippen LogP contribution < -0.4 is 9.80 Å². The van der Waals surface area contributed by atoms with Crippen molar-refractivity contribution in [3.05, 3.63) is 59.7 Å². The molecule has 1 heterocycles. The van der Waals surface area contributed by atoms with Crippen LogP contribution in [-0.4, -0.2) is 26.5 Å². The lowest BCUT2D eigenvalue weighted by Crippen LogP contribution is -2.29. The van der Waals surface area contributed by atoms with Crippen molar-refractivity contribution < 1.29 is 4.79 Å². The molecule has 2 aromatic carbocycles. The van der Waals surface area contributed by atoms with Crippen LogP contribution in [0.2, 0.25) is 0 Å². The van der Waals surface area contributed by atoms with E-state index in [0.717, 1.165) is 23.5 Å². The second kappa shape index (κ2) is 5.24. The molecule has 1 amide bonds. The van der Waals surface area contributed by atoms with E-state index in [2.05, 4.69) is 13.0 Å². The maximum Gasteiger partial charge on any atom is 0.258 e. The van der Waals surface area contributed by atoms with Crippen molar-refractivity contribution in [2.24, 2.45) is 0 Å². The first kappa shape index (κ1) is 13.7. The topological polar surface area (TPSA) is 23.6 Å². The number of carbonyl (C=O) groups excluding carboxylic acids is 1. The number of rotatable bonds is 2. The molecule has 0 fully saturated rings. The minimum absolute atomic E-state index is 0.0792. The van der Waals surface area contributed by atoms with E-state index in [1.807, 2.05) is 66.4 Å². The summed E-state index contributed by atoms with van der Waals surface area (Å²) in [6, 6.07) is 16.0. The third kappa shape index (κ3) is 2.40. The molecule has 0 aromatic heterocycles. The second-order valence-electron chi connectivity index (χ2n) is 5.82. The molecule has 0 saturated carbocycles. The van der Waals surface area contributed by atoms with E-state index in [1.54, 1.807) is 0 Å². The molecule has 1 atom stereocenters. The summed E-state index contributed by atoms with van der Waals surface area (Å²) in [5.41, 5.74) is 4.09. The summed E-state index contributed by atoms with van der Waals surface area (Å²) in [5.74, 6) is 0.470. The highest BCUT2D eigenvalue weighted by atomic mass is 16.2. The van der Waals surface area contributed by atoms with Gasteiger partial charge in [0.1, 0.15) is 0 Å². The third-order valence-corrected chi connectivity index (χ3v) is 4.07. The molecular formula is C18H20N2O. The minimum Gasteiger partial charge on any atom is -0.378 e. The van der Waals surface area contributed by atoms with Crippen molar-refractivity contribution in [3.63, 3.8) is 0 Å². The maximum atomic E-state index is 12.8. The Morgan fingerprint density at radius 1 is 1.14 bits per heavy atom. The van der Waals surface area contributed by atoms with Crippen LogP contribution in [0.1, 0.15) is 28.8 Å². The molecule has 0 spiro atoms. The normalized spacial score (nSPS) is 16.7. The summed E-state index contributed by atoms with van der Waals surface area (Å²) >= 11 is 0. The monoisotopic (exact) mass is 280 g/mol. The number of carbonyl (C=O) groups is 1. The van der Waals surface area contributed by atoms with Crippen LogP contribution >= 0.6 is 0 Å². The van der Waals surface area contributed by atoms with Crippen molar-refractivity contribution in [2.45, 2.75) is 12.8 Å². The van der Waals surface area contributed by atoms with Gasteiger partial charge in [-0.3, -0.25) is 4.79 Å². The predicted molar refractivity (Wildman–Crippen MR) is 87.3 cm³/mol. The first-order chi connectivity index (χ1) is 10.1. The Morgan fingerprint density at radius 2 is 1.90 bits per heavy atom. The predicted octanol–water partition coefficient (Wildman–Crippen LogP) is 3.52. The summed E-state index contributed by atoms with van der Waals surface area (Å²) in [5, 5.41) is 0. The Labute approximate surface area is 125 Å². The SMILES string of the molecule is CC1CN(C(=O)c2cccc(N(C)C)c2)c2ccccc21. The Morgan fingerprint density at radius 3 is 2.67 bits per heavy atom. The smallest absolute Gasteiger partial charge is 0.258 e. The third-order valence-electron chi connectivity index (χ3n) is 4.07. The Balaban J connectivity index is 1.95. The molecule has 0 N–H and O–H groups in total. The Hall–Kier alpha value is -2.29. The highest BCUT2D eigenvalue weighted by molar-refractivity contribution is 6.08. The fraction of sp³-hybridized carbons (Fsp3) is 0.278. The largest absolute Gasteiger partial charge is 0.378 e. The summed E-state index contributed by atoms with van der Waals surface area (Å²) < 4.78 is 0. The fourth-order valence-electron chi connectivity index (χ4n) is 2.89. The average Bonchev–Trinajstić information content (AvgIpc) is 2.84. The van der Waals surface area contributed by atoms with Gasteiger partial charge < -0.3 is 9.80 Å². The number of hydrogen-bond acceptors (Lipinski definition) is 2. The van der Waals surface area contributed by atoms with E-state index in [9.17, 15) is 4.79 Å². The standard InChI is InChI=1S/C18H20N2O/c1-13-12-20(17-10-5-4-9-16(13)17)18(21)14-7-6-8-15(11-14)19(2)3/h4-11,13H,12H2,1-3H3.